The SMILES string of the molecule is CCC(C)CN(CC)C(=O)c1ccccc1S(=O)(=O)Cl. The van der Waals surface area contributed by atoms with Gasteiger partial charge >= 0.3 is 0 Å². The van der Waals surface area contributed by atoms with Crippen LogP contribution in [0.15, 0.2) is 29.2 Å². The number of halogens is 1. The van der Waals surface area contributed by atoms with Gasteiger partial charge in [0.1, 0.15) is 0 Å². The van der Waals surface area contributed by atoms with E-state index in [9.17, 15) is 13.2 Å². The Labute approximate surface area is 125 Å². The molecule has 1 aromatic carbocycles. The molecule has 0 aliphatic rings. The first-order valence-electron chi connectivity index (χ1n) is 6.64. The number of carbonyl (C=O) groups is 1. The van der Waals surface area contributed by atoms with Crippen molar-refractivity contribution in [2.75, 3.05) is 13.1 Å². The summed E-state index contributed by atoms with van der Waals surface area (Å²) in [5.41, 5.74) is 0.132. The van der Waals surface area contributed by atoms with Crippen LogP contribution in [0.4, 0.5) is 0 Å². The van der Waals surface area contributed by atoms with Crippen LogP contribution in [0.3, 0.4) is 0 Å². The lowest BCUT2D eigenvalue weighted by Gasteiger charge is -2.24. The number of hydrogen-bond donors (Lipinski definition) is 0. The number of amides is 1. The summed E-state index contributed by atoms with van der Waals surface area (Å²) in [5.74, 6) is 0.0614. The van der Waals surface area contributed by atoms with Gasteiger partial charge in [-0.05, 0) is 25.0 Å². The lowest BCUT2D eigenvalue weighted by molar-refractivity contribution is 0.0737. The largest absolute Gasteiger partial charge is 0.339 e. The lowest BCUT2D eigenvalue weighted by atomic mass is 10.1. The monoisotopic (exact) mass is 317 g/mol. The van der Waals surface area contributed by atoms with E-state index in [4.69, 9.17) is 10.7 Å². The fraction of sp³-hybridized carbons (Fsp3) is 0.500. The summed E-state index contributed by atoms with van der Waals surface area (Å²) < 4.78 is 23.1. The Hall–Kier alpha value is -1.07. The quantitative estimate of drug-likeness (QED) is 0.757. The van der Waals surface area contributed by atoms with Crippen molar-refractivity contribution >= 4 is 25.6 Å². The molecule has 1 aromatic rings. The fourth-order valence-corrected chi connectivity index (χ4v) is 2.95. The summed E-state index contributed by atoms with van der Waals surface area (Å²) in [6.07, 6.45) is 0.958. The van der Waals surface area contributed by atoms with Gasteiger partial charge in [-0.1, -0.05) is 32.4 Å². The van der Waals surface area contributed by atoms with Crippen molar-refractivity contribution in [2.45, 2.75) is 32.1 Å². The van der Waals surface area contributed by atoms with Crippen molar-refractivity contribution in [2.24, 2.45) is 5.92 Å². The normalized spacial score (nSPS) is 13.0. The van der Waals surface area contributed by atoms with E-state index in [0.29, 0.717) is 19.0 Å². The minimum atomic E-state index is -3.93. The predicted octanol–water partition coefficient (Wildman–Crippen LogP) is 3.12. The lowest BCUT2D eigenvalue weighted by Crippen LogP contribution is -2.35. The van der Waals surface area contributed by atoms with Crippen LogP contribution in [0.2, 0.25) is 0 Å². The molecule has 0 radical (unpaired) electrons. The first-order chi connectivity index (χ1) is 9.31. The number of benzene rings is 1. The zero-order valence-electron chi connectivity index (χ0n) is 12.0. The van der Waals surface area contributed by atoms with Crippen LogP contribution in [-0.2, 0) is 9.05 Å². The molecule has 0 spiro atoms. The Balaban J connectivity index is 3.14. The van der Waals surface area contributed by atoms with E-state index < -0.39 is 9.05 Å². The second kappa shape index (κ2) is 7.09. The zero-order valence-corrected chi connectivity index (χ0v) is 13.5. The summed E-state index contributed by atoms with van der Waals surface area (Å²) in [6, 6.07) is 6.04. The van der Waals surface area contributed by atoms with Gasteiger partial charge in [0.2, 0.25) is 0 Å². The van der Waals surface area contributed by atoms with Gasteiger partial charge in [-0.15, -0.1) is 0 Å². The second-order valence-corrected chi connectivity index (χ2v) is 7.33. The van der Waals surface area contributed by atoms with Crippen LogP contribution >= 0.6 is 10.7 Å². The molecular weight excluding hydrogens is 298 g/mol. The molecule has 1 rings (SSSR count). The molecule has 0 aliphatic carbocycles. The molecule has 0 aliphatic heterocycles. The Bertz CT molecular complexity index is 572. The van der Waals surface area contributed by atoms with Crippen molar-refractivity contribution in [1.82, 2.24) is 4.90 Å². The Morgan fingerprint density at radius 3 is 2.40 bits per heavy atom. The molecule has 0 bridgehead atoms. The summed E-state index contributed by atoms with van der Waals surface area (Å²) in [7, 11) is 1.46. The Morgan fingerprint density at radius 2 is 1.90 bits per heavy atom. The van der Waals surface area contributed by atoms with Crippen molar-refractivity contribution in [3.8, 4) is 0 Å². The molecule has 0 fully saturated rings. The molecule has 0 N–H and O–H groups in total. The van der Waals surface area contributed by atoms with Crippen LogP contribution in [0, 0.1) is 5.92 Å². The van der Waals surface area contributed by atoms with Crippen molar-refractivity contribution in [3.63, 3.8) is 0 Å². The van der Waals surface area contributed by atoms with E-state index in [2.05, 4.69) is 13.8 Å². The van der Waals surface area contributed by atoms with E-state index in [1.807, 2.05) is 6.92 Å². The van der Waals surface area contributed by atoms with Crippen LogP contribution in [0.25, 0.3) is 0 Å². The first-order valence-corrected chi connectivity index (χ1v) is 8.95. The van der Waals surface area contributed by atoms with E-state index in [1.54, 1.807) is 17.0 Å². The fourth-order valence-electron chi connectivity index (χ4n) is 1.89. The van der Waals surface area contributed by atoms with E-state index in [0.717, 1.165) is 6.42 Å². The third kappa shape index (κ3) is 4.21. The van der Waals surface area contributed by atoms with Crippen LogP contribution in [0.1, 0.15) is 37.6 Å². The highest BCUT2D eigenvalue weighted by atomic mass is 35.7. The van der Waals surface area contributed by atoms with E-state index >= 15 is 0 Å². The van der Waals surface area contributed by atoms with Gasteiger partial charge in [-0.3, -0.25) is 4.79 Å². The number of hydrogen-bond acceptors (Lipinski definition) is 3. The van der Waals surface area contributed by atoms with Gasteiger partial charge in [-0.2, -0.15) is 0 Å². The highest BCUT2D eigenvalue weighted by Gasteiger charge is 2.23. The van der Waals surface area contributed by atoms with Gasteiger partial charge in [0.25, 0.3) is 15.0 Å². The molecule has 1 amide bonds. The van der Waals surface area contributed by atoms with Crippen molar-refractivity contribution in [3.05, 3.63) is 29.8 Å². The Morgan fingerprint density at radius 1 is 1.30 bits per heavy atom. The summed E-state index contributed by atoms with van der Waals surface area (Å²) in [4.78, 5) is 14.0. The molecule has 0 aromatic heterocycles. The minimum Gasteiger partial charge on any atom is -0.339 e. The third-order valence-corrected chi connectivity index (χ3v) is 4.66. The maximum absolute atomic E-state index is 12.5. The highest BCUT2D eigenvalue weighted by molar-refractivity contribution is 8.13. The maximum Gasteiger partial charge on any atom is 0.262 e. The van der Waals surface area contributed by atoms with Gasteiger partial charge in [-0.25, -0.2) is 8.42 Å². The molecule has 6 heteroatoms. The summed E-state index contributed by atoms with van der Waals surface area (Å²) >= 11 is 0. The van der Waals surface area contributed by atoms with Gasteiger partial charge in [0.15, 0.2) is 0 Å². The smallest absolute Gasteiger partial charge is 0.262 e. The molecule has 0 saturated carbocycles. The van der Waals surface area contributed by atoms with Crippen molar-refractivity contribution < 1.29 is 13.2 Å². The molecule has 1 unspecified atom stereocenters. The molecule has 20 heavy (non-hydrogen) atoms. The summed E-state index contributed by atoms with van der Waals surface area (Å²) in [6.45, 7) is 7.11. The van der Waals surface area contributed by atoms with E-state index in [1.165, 1.54) is 12.1 Å². The van der Waals surface area contributed by atoms with Gasteiger partial charge in [0.05, 0.1) is 10.5 Å². The standard InChI is InChI=1S/C14H20ClNO3S/c1-4-11(3)10-16(5-2)14(17)12-8-6-7-9-13(12)20(15,18)19/h6-9,11H,4-5,10H2,1-3H3. The topological polar surface area (TPSA) is 54.5 Å². The number of carbonyl (C=O) groups excluding carboxylic acids is 1. The van der Waals surface area contributed by atoms with Crippen LogP contribution in [0.5, 0.6) is 0 Å². The van der Waals surface area contributed by atoms with E-state index in [-0.39, 0.29) is 16.4 Å². The molecule has 0 heterocycles. The minimum absolute atomic E-state index is 0.130. The molecule has 4 nitrogen and oxygen atoms in total. The number of nitrogens with zero attached hydrogens (tertiary/aromatic N) is 1. The van der Waals surface area contributed by atoms with Gasteiger partial charge < -0.3 is 4.90 Å². The second-order valence-electron chi connectivity index (χ2n) is 4.79. The van der Waals surface area contributed by atoms with Crippen LogP contribution in [-0.4, -0.2) is 32.3 Å². The average molecular weight is 318 g/mol. The zero-order chi connectivity index (χ0) is 15.3. The maximum atomic E-state index is 12.5. The first kappa shape index (κ1) is 17.0. The highest BCUT2D eigenvalue weighted by Crippen LogP contribution is 2.21. The molecular formula is C14H20ClNO3S. The molecule has 1 atom stereocenters. The Kier molecular flexibility index (Phi) is 6.02. The summed E-state index contributed by atoms with van der Waals surface area (Å²) in [5, 5.41) is 0. The average Bonchev–Trinajstić information content (AvgIpc) is 2.42. The number of rotatable bonds is 6. The van der Waals surface area contributed by atoms with Gasteiger partial charge in [0, 0.05) is 23.8 Å². The predicted molar refractivity (Wildman–Crippen MR) is 80.5 cm³/mol. The van der Waals surface area contributed by atoms with Crippen molar-refractivity contribution in [1.29, 1.82) is 0 Å². The molecule has 0 saturated heterocycles. The van der Waals surface area contributed by atoms with Crippen LogP contribution < -0.4 is 0 Å². The molecule has 112 valence electrons. The third-order valence-electron chi connectivity index (χ3n) is 3.28.